The highest BCUT2D eigenvalue weighted by atomic mass is 19.1. The van der Waals surface area contributed by atoms with Crippen LogP contribution in [0.15, 0.2) is 54.2 Å². The Morgan fingerprint density at radius 2 is 1.50 bits per heavy atom. The Kier molecular flexibility index (Phi) is 6.11. The quantitative estimate of drug-likeness (QED) is 0.329. The summed E-state index contributed by atoms with van der Waals surface area (Å²) in [6.45, 7) is 0. The SMILES string of the molecule is COc1ccc(C(=O)C(=CN(C)C)C(=O)c2ccc(OC)cc2F)cc1. The Balaban J connectivity index is 2.43. The van der Waals surface area contributed by atoms with Crippen molar-refractivity contribution in [2.24, 2.45) is 0 Å². The van der Waals surface area contributed by atoms with Crippen LogP contribution in [0.3, 0.4) is 0 Å². The van der Waals surface area contributed by atoms with Crippen LogP contribution in [0.25, 0.3) is 0 Å². The molecular formula is C20H20FNO4. The second-order valence-corrected chi connectivity index (χ2v) is 5.74. The van der Waals surface area contributed by atoms with Crippen molar-refractivity contribution in [2.75, 3.05) is 28.3 Å². The number of ether oxygens (including phenoxy) is 2. The molecule has 5 nitrogen and oxygen atoms in total. The number of hydrogen-bond acceptors (Lipinski definition) is 5. The molecule has 136 valence electrons. The van der Waals surface area contributed by atoms with Crippen LogP contribution in [-0.4, -0.2) is 44.8 Å². The molecule has 2 aromatic carbocycles. The minimum atomic E-state index is -0.749. The van der Waals surface area contributed by atoms with Crippen molar-refractivity contribution < 1.29 is 23.5 Å². The Morgan fingerprint density at radius 1 is 0.923 bits per heavy atom. The Bertz CT molecular complexity index is 841. The molecule has 0 unspecified atom stereocenters. The van der Waals surface area contributed by atoms with Crippen LogP contribution >= 0.6 is 0 Å². The van der Waals surface area contributed by atoms with Crippen molar-refractivity contribution in [2.45, 2.75) is 0 Å². The lowest BCUT2D eigenvalue weighted by Gasteiger charge is -2.12. The molecule has 0 atom stereocenters. The summed E-state index contributed by atoms with van der Waals surface area (Å²) in [4.78, 5) is 27.2. The first-order valence-corrected chi connectivity index (χ1v) is 7.82. The number of Topliss-reactive ketones (excluding diaryl/α,β-unsaturated/α-hetero) is 2. The van der Waals surface area contributed by atoms with Gasteiger partial charge in [-0.25, -0.2) is 4.39 Å². The summed E-state index contributed by atoms with van der Waals surface area (Å²) in [5.41, 5.74) is -0.0221. The zero-order valence-electron chi connectivity index (χ0n) is 15.1. The number of carbonyl (C=O) groups is 2. The van der Waals surface area contributed by atoms with E-state index >= 15 is 0 Å². The number of benzene rings is 2. The second kappa shape index (κ2) is 8.29. The lowest BCUT2D eigenvalue weighted by molar-refractivity contribution is 0.0958. The fourth-order valence-corrected chi connectivity index (χ4v) is 2.33. The van der Waals surface area contributed by atoms with Gasteiger partial charge >= 0.3 is 0 Å². The van der Waals surface area contributed by atoms with E-state index in [9.17, 15) is 14.0 Å². The minimum Gasteiger partial charge on any atom is -0.497 e. The van der Waals surface area contributed by atoms with Crippen LogP contribution < -0.4 is 9.47 Å². The molecule has 26 heavy (non-hydrogen) atoms. The molecule has 0 heterocycles. The number of halogens is 1. The molecule has 0 saturated carbocycles. The molecule has 0 bridgehead atoms. The number of hydrogen-bond donors (Lipinski definition) is 0. The van der Waals surface area contributed by atoms with Gasteiger partial charge in [-0.15, -0.1) is 0 Å². The number of carbonyl (C=O) groups excluding carboxylic acids is 2. The van der Waals surface area contributed by atoms with E-state index in [0.717, 1.165) is 6.07 Å². The standard InChI is InChI=1S/C20H20FNO4/c1-22(2)12-17(19(23)13-5-7-14(25-3)8-6-13)20(24)16-10-9-15(26-4)11-18(16)21/h5-12H,1-4H3. The van der Waals surface area contributed by atoms with Crippen molar-refractivity contribution in [3.63, 3.8) is 0 Å². The molecule has 0 aromatic heterocycles. The number of rotatable bonds is 7. The average molecular weight is 357 g/mol. The van der Waals surface area contributed by atoms with Gasteiger partial charge in [0.2, 0.25) is 5.78 Å². The zero-order chi connectivity index (χ0) is 19.3. The van der Waals surface area contributed by atoms with Crippen molar-refractivity contribution >= 4 is 11.6 Å². The average Bonchev–Trinajstić information content (AvgIpc) is 2.64. The number of ketones is 2. The first-order valence-electron chi connectivity index (χ1n) is 7.82. The van der Waals surface area contributed by atoms with Gasteiger partial charge in [0.25, 0.3) is 0 Å². The third-order valence-electron chi connectivity index (χ3n) is 3.65. The van der Waals surface area contributed by atoms with Gasteiger partial charge in [0.15, 0.2) is 5.78 Å². The summed E-state index contributed by atoms with van der Waals surface area (Å²) in [6.07, 6.45) is 1.39. The molecule has 2 aromatic rings. The van der Waals surface area contributed by atoms with Crippen molar-refractivity contribution in [3.05, 3.63) is 71.2 Å². The Hall–Kier alpha value is -3.15. The van der Waals surface area contributed by atoms with E-state index in [0.29, 0.717) is 17.1 Å². The lowest BCUT2D eigenvalue weighted by Crippen LogP contribution is -2.18. The van der Waals surface area contributed by atoms with Crippen LogP contribution in [0.1, 0.15) is 20.7 Å². The van der Waals surface area contributed by atoms with E-state index in [2.05, 4.69) is 0 Å². The smallest absolute Gasteiger partial charge is 0.201 e. The summed E-state index contributed by atoms with van der Waals surface area (Å²) in [6, 6.07) is 10.3. The van der Waals surface area contributed by atoms with Crippen LogP contribution in [0, 0.1) is 5.82 Å². The van der Waals surface area contributed by atoms with E-state index in [-0.39, 0.29) is 11.1 Å². The highest BCUT2D eigenvalue weighted by Crippen LogP contribution is 2.22. The fraction of sp³-hybridized carbons (Fsp3) is 0.200. The second-order valence-electron chi connectivity index (χ2n) is 5.74. The van der Waals surface area contributed by atoms with E-state index in [1.165, 1.54) is 32.6 Å². The van der Waals surface area contributed by atoms with Gasteiger partial charge < -0.3 is 14.4 Å². The number of allylic oxidation sites excluding steroid dienone is 1. The molecule has 0 spiro atoms. The van der Waals surface area contributed by atoms with Crippen molar-refractivity contribution in [1.82, 2.24) is 4.90 Å². The maximum atomic E-state index is 14.3. The first kappa shape index (κ1) is 19.2. The molecule has 0 fully saturated rings. The monoisotopic (exact) mass is 357 g/mol. The minimum absolute atomic E-state index is 0.135. The van der Waals surface area contributed by atoms with Crippen molar-refractivity contribution in [1.29, 1.82) is 0 Å². The van der Waals surface area contributed by atoms with Crippen LogP contribution in [0.4, 0.5) is 4.39 Å². The van der Waals surface area contributed by atoms with E-state index in [1.807, 2.05) is 0 Å². The summed E-state index contributed by atoms with van der Waals surface area (Å²) < 4.78 is 24.3. The third-order valence-corrected chi connectivity index (χ3v) is 3.65. The first-order chi connectivity index (χ1) is 12.4. The van der Waals surface area contributed by atoms with Gasteiger partial charge in [0, 0.05) is 31.9 Å². The molecule has 0 N–H and O–H groups in total. The Morgan fingerprint density at radius 3 is 2.00 bits per heavy atom. The maximum Gasteiger partial charge on any atom is 0.201 e. The van der Waals surface area contributed by atoms with E-state index in [1.54, 1.807) is 43.3 Å². The van der Waals surface area contributed by atoms with E-state index in [4.69, 9.17) is 9.47 Å². The molecule has 6 heteroatoms. The summed E-state index contributed by atoms with van der Waals surface area (Å²) in [5, 5.41) is 0. The highest BCUT2D eigenvalue weighted by Gasteiger charge is 2.24. The molecule has 0 saturated heterocycles. The van der Waals surface area contributed by atoms with Crippen LogP contribution in [0.5, 0.6) is 11.5 Å². The molecule has 0 aliphatic carbocycles. The Labute approximate surface area is 151 Å². The van der Waals surface area contributed by atoms with Gasteiger partial charge in [-0.3, -0.25) is 9.59 Å². The zero-order valence-corrected chi connectivity index (χ0v) is 15.1. The molecule has 0 amide bonds. The fourth-order valence-electron chi connectivity index (χ4n) is 2.33. The molecular weight excluding hydrogens is 337 g/mol. The van der Waals surface area contributed by atoms with Gasteiger partial charge in [-0.05, 0) is 36.4 Å². The van der Waals surface area contributed by atoms with Gasteiger partial charge in [-0.1, -0.05) is 0 Å². The number of methoxy groups -OCH3 is 2. The van der Waals surface area contributed by atoms with Crippen molar-refractivity contribution in [3.8, 4) is 11.5 Å². The van der Waals surface area contributed by atoms with Crippen LogP contribution in [0.2, 0.25) is 0 Å². The predicted molar refractivity (Wildman–Crippen MR) is 96.4 cm³/mol. The predicted octanol–water partition coefficient (Wildman–Crippen LogP) is 3.35. The van der Waals surface area contributed by atoms with Crippen LogP contribution in [-0.2, 0) is 0 Å². The summed E-state index contributed by atoms with van der Waals surface area (Å²) in [7, 11) is 6.28. The largest absolute Gasteiger partial charge is 0.497 e. The summed E-state index contributed by atoms with van der Waals surface area (Å²) >= 11 is 0. The van der Waals surface area contributed by atoms with Gasteiger partial charge in [0.1, 0.15) is 17.3 Å². The van der Waals surface area contributed by atoms with E-state index < -0.39 is 17.4 Å². The third kappa shape index (κ3) is 4.27. The maximum absolute atomic E-state index is 14.3. The molecule has 0 aliphatic rings. The lowest BCUT2D eigenvalue weighted by atomic mass is 9.96. The molecule has 0 radical (unpaired) electrons. The summed E-state index contributed by atoms with van der Waals surface area (Å²) in [5.74, 6) is -1.06. The molecule has 0 aliphatic heterocycles. The topological polar surface area (TPSA) is 55.8 Å². The van der Waals surface area contributed by atoms with Gasteiger partial charge in [-0.2, -0.15) is 0 Å². The molecule has 2 rings (SSSR count). The highest BCUT2D eigenvalue weighted by molar-refractivity contribution is 6.30. The number of nitrogens with zero attached hydrogens (tertiary/aromatic N) is 1. The normalized spacial score (nSPS) is 11.0. The van der Waals surface area contributed by atoms with Gasteiger partial charge in [0.05, 0.1) is 25.4 Å².